The van der Waals surface area contributed by atoms with Crippen molar-refractivity contribution in [3.63, 3.8) is 0 Å². The fourth-order valence-electron chi connectivity index (χ4n) is 1.96. The molecule has 2 heterocycles. The molecule has 16 heavy (non-hydrogen) atoms. The Bertz CT molecular complexity index is 375. The molecular formula is C12H15BrN2O. The van der Waals surface area contributed by atoms with Crippen LogP contribution in [0.5, 0.6) is 0 Å². The Labute approximate surface area is 104 Å². The van der Waals surface area contributed by atoms with E-state index in [0.717, 1.165) is 24.2 Å². The molecule has 0 N–H and O–H groups in total. The summed E-state index contributed by atoms with van der Waals surface area (Å²) in [5.74, 6) is 0.133. The molecule has 0 spiro atoms. The summed E-state index contributed by atoms with van der Waals surface area (Å²) < 4.78 is 0.722. The first kappa shape index (κ1) is 11.7. The summed E-state index contributed by atoms with van der Waals surface area (Å²) >= 11 is 3.27. The van der Waals surface area contributed by atoms with Gasteiger partial charge in [-0.05, 0) is 54.0 Å². The third kappa shape index (κ3) is 3.12. The number of hydrogen-bond donors (Lipinski definition) is 0. The van der Waals surface area contributed by atoms with Gasteiger partial charge >= 0.3 is 0 Å². The highest BCUT2D eigenvalue weighted by Crippen LogP contribution is 2.11. The Morgan fingerprint density at radius 2 is 2.12 bits per heavy atom. The van der Waals surface area contributed by atoms with Gasteiger partial charge in [0.2, 0.25) is 0 Å². The summed E-state index contributed by atoms with van der Waals surface area (Å²) in [6, 6.07) is 5.45. The van der Waals surface area contributed by atoms with Gasteiger partial charge in [-0.15, -0.1) is 0 Å². The summed E-state index contributed by atoms with van der Waals surface area (Å²) in [4.78, 5) is 18.4. The second kappa shape index (κ2) is 5.55. The molecule has 3 nitrogen and oxygen atoms in total. The average molecular weight is 283 g/mol. The predicted molar refractivity (Wildman–Crippen MR) is 66.6 cm³/mol. The molecule has 0 aromatic carbocycles. The van der Waals surface area contributed by atoms with Gasteiger partial charge in [-0.2, -0.15) is 0 Å². The van der Waals surface area contributed by atoms with Crippen molar-refractivity contribution in [2.45, 2.75) is 19.3 Å². The first-order valence-electron chi connectivity index (χ1n) is 5.64. The number of hydrogen-bond acceptors (Lipinski definition) is 3. The third-order valence-corrected chi connectivity index (χ3v) is 3.30. The Kier molecular flexibility index (Phi) is 4.07. The van der Waals surface area contributed by atoms with Gasteiger partial charge in [-0.25, -0.2) is 4.98 Å². The number of Topliss-reactive ketones (excluding diaryl/α,β-unsaturated/α-hetero) is 1. The molecule has 1 aromatic rings. The van der Waals surface area contributed by atoms with Crippen molar-refractivity contribution in [2.75, 3.05) is 19.6 Å². The molecular weight excluding hydrogens is 268 g/mol. The molecule has 0 atom stereocenters. The summed E-state index contributed by atoms with van der Waals surface area (Å²) in [5.41, 5.74) is 0.563. The van der Waals surface area contributed by atoms with Crippen molar-refractivity contribution in [3.05, 3.63) is 28.5 Å². The molecule has 1 saturated heterocycles. The summed E-state index contributed by atoms with van der Waals surface area (Å²) in [7, 11) is 0. The van der Waals surface area contributed by atoms with E-state index in [2.05, 4.69) is 25.8 Å². The molecule has 1 fully saturated rings. The summed E-state index contributed by atoms with van der Waals surface area (Å²) in [6.45, 7) is 3.14. The van der Waals surface area contributed by atoms with Gasteiger partial charge in [-0.3, -0.25) is 4.79 Å². The highest BCUT2D eigenvalue weighted by Gasteiger charge is 2.14. The number of aromatic nitrogens is 1. The van der Waals surface area contributed by atoms with E-state index < -0.39 is 0 Å². The second-order valence-corrected chi connectivity index (χ2v) is 4.88. The zero-order valence-corrected chi connectivity index (χ0v) is 10.7. The molecule has 2 rings (SSSR count). The minimum Gasteiger partial charge on any atom is -0.303 e. The van der Waals surface area contributed by atoms with Crippen LogP contribution < -0.4 is 0 Å². The fourth-order valence-corrected chi connectivity index (χ4v) is 2.30. The van der Waals surface area contributed by atoms with Gasteiger partial charge in [0.15, 0.2) is 5.78 Å². The summed E-state index contributed by atoms with van der Waals surface area (Å²) in [6.07, 6.45) is 3.11. The van der Waals surface area contributed by atoms with E-state index in [1.54, 1.807) is 6.07 Å². The molecule has 0 bridgehead atoms. The van der Waals surface area contributed by atoms with Crippen LogP contribution in [-0.2, 0) is 0 Å². The van der Waals surface area contributed by atoms with Gasteiger partial charge in [0.05, 0.1) is 0 Å². The molecule has 0 aliphatic carbocycles. The highest BCUT2D eigenvalue weighted by atomic mass is 79.9. The lowest BCUT2D eigenvalue weighted by atomic mass is 10.2. The van der Waals surface area contributed by atoms with Crippen LogP contribution in [0.1, 0.15) is 29.8 Å². The Morgan fingerprint density at radius 1 is 1.38 bits per heavy atom. The molecule has 1 aromatic heterocycles. The summed E-state index contributed by atoms with van der Waals surface area (Å²) in [5, 5.41) is 0. The number of pyridine rings is 1. The minimum atomic E-state index is 0.133. The second-order valence-electron chi connectivity index (χ2n) is 4.07. The average Bonchev–Trinajstić information content (AvgIpc) is 2.78. The maximum atomic E-state index is 11.8. The number of nitrogens with zero attached hydrogens (tertiary/aromatic N) is 2. The highest BCUT2D eigenvalue weighted by molar-refractivity contribution is 9.10. The van der Waals surface area contributed by atoms with Crippen LogP contribution in [-0.4, -0.2) is 35.3 Å². The maximum absolute atomic E-state index is 11.8. The van der Waals surface area contributed by atoms with Crippen LogP contribution in [0.4, 0.5) is 0 Å². The zero-order chi connectivity index (χ0) is 11.4. The lowest BCUT2D eigenvalue weighted by Gasteiger charge is -2.13. The van der Waals surface area contributed by atoms with E-state index in [0.29, 0.717) is 12.1 Å². The standard InChI is InChI=1S/C12H15BrN2O/c13-12-5-3-4-10(14-12)11(16)6-9-15-7-1-2-8-15/h3-5H,1-2,6-9H2. The first-order valence-corrected chi connectivity index (χ1v) is 6.43. The number of carbonyl (C=O) groups excluding carboxylic acids is 1. The van der Waals surface area contributed by atoms with Gasteiger partial charge in [-0.1, -0.05) is 6.07 Å². The van der Waals surface area contributed by atoms with Crippen molar-refractivity contribution in [3.8, 4) is 0 Å². The molecule has 0 radical (unpaired) electrons. The van der Waals surface area contributed by atoms with Gasteiger partial charge < -0.3 is 4.90 Å². The van der Waals surface area contributed by atoms with Crippen LogP contribution in [0.2, 0.25) is 0 Å². The van der Waals surface area contributed by atoms with E-state index in [9.17, 15) is 4.79 Å². The zero-order valence-electron chi connectivity index (χ0n) is 9.16. The van der Waals surface area contributed by atoms with Gasteiger partial charge in [0.1, 0.15) is 10.3 Å². The Balaban J connectivity index is 1.87. The number of rotatable bonds is 4. The van der Waals surface area contributed by atoms with Crippen molar-refractivity contribution in [1.29, 1.82) is 0 Å². The van der Waals surface area contributed by atoms with Crippen LogP contribution in [0.3, 0.4) is 0 Å². The Hall–Kier alpha value is -0.740. The lowest BCUT2D eigenvalue weighted by molar-refractivity contribution is 0.0964. The number of ketones is 1. The minimum absolute atomic E-state index is 0.133. The fraction of sp³-hybridized carbons (Fsp3) is 0.500. The molecule has 86 valence electrons. The largest absolute Gasteiger partial charge is 0.303 e. The molecule has 0 unspecified atom stereocenters. The van der Waals surface area contributed by atoms with Crippen molar-refractivity contribution >= 4 is 21.7 Å². The number of carbonyl (C=O) groups is 1. The third-order valence-electron chi connectivity index (χ3n) is 2.85. The monoisotopic (exact) mass is 282 g/mol. The van der Waals surface area contributed by atoms with Crippen molar-refractivity contribution < 1.29 is 4.79 Å². The molecule has 1 aliphatic rings. The van der Waals surface area contributed by atoms with E-state index in [1.807, 2.05) is 12.1 Å². The van der Waals surface area contributed by atoms with Crippen LogP contribution >= 0.6 is 15.9 Å². The molecule has 0 saturated carbocycles. The molecule has 1 aliphatic heterocycles. The van der Waals surface area contributed by atoms with E-state index >= 15 is 0 Å². The molecule has 0 amide bonds. The van der Waals surface area contributed by atoms with Crippen molar-refractivity contribution in [2.24, 2.45) is 0 Å². The van der Waals surface area contributed by atoms with Gasteiger partial charge in [0, 0.05) is 13.0 Å². The van der Waals surface area contributed by atoms with Crippen LogP contribution in [0, 0.1) is 0 Å². The topological polar surface area (TPSA) is 33.2 Å². The smallest absolute Gasteiger partial charge is 0.182 e. The SMILES string of the molecule is O=C(CCN1CCCC1)c1cccc(Br)n1. The van der Waals surface area contributed by atoms with E-state index in [-0.39, 0.29) is 5.78 Å². The quantitative estimate of drug-likeness (QED) is 0.629. The van der Waals surface area contributed by atoms with E-state index in [1.165, 1.54) is 12.8 Å². The van der Waals surface area contributed by atoms with Crippen molar-refractivity contribution in [1.82, 2.24) is 9.88 Å². The van der Waals surface area contributed by atoms with Crippen LogP contribution in [0.25, 0.3) is 0 Å². The van der Waals surface area contributed by atoms with Gasteiger partial charge in [0.25, 0.3) is 0 Å². The maximum Gasteiger partial charge on any atom is 0.182 e. The normalized spacial score (nSPS) is 16.6. The van der Waals surface area contributed by atoms with E-state index in [4.69, 9.17) is 0 Å². The number of halogens is 1. The predicted octanol–water partition coefficient (Wildman–Crippen LogP) is 2.51. The Morgan fingerprint density at radius 3 is 2.81 bits per heavy atom. The first-order chi connectivity index (χ1) is 7.75. The number of likely N-dealkylation sites (tertiary alicyclic amines) is 1. The lowest BCUT2D eigenvalue weighted by Crippen LogP contribution is -2.22. The van der Waals surface area contributed by atoms with Crippen LogP contribution in [0.15, 0.2) is 22.8 Å². The molecule has 4 heteroatoms.